The summed E-state index contributed by atoms with van der Waals surface area (Å²) >= 11 is 1.39. The molecule has 0 bridgehead atoms. The molecule has 0 aliphatic heterocycles. The van der Waals surface area contributed by atoms with E-state index in [9.17, 15) is 9.59 Å². The van der Waals surface area contributed by atoms with Gasteiger partial charge in [-0.2, -0.15) is 0 Å². The van der Waals surface area contributed by atoms with Crippen molar-refractivity contribution in [1.29, 1.82) is 0 Å². The maximum Gasteiger partial charge on any atom is 0.265 e. The minimum Gasteiger partial charge on any atom is -0.326 e. The summed E-state index contributed by atoms with van der Waals surface area (Å²) in [6, 6.07) is 9.08. The van der Waals surface area contributed by atoms with Crippen LogP contribution in [-0.2, 0) is 4.79 Å². The fraction of sp³-hybridized carbons (Fsp3) is 0.200. The van der Waals surface area contributed by atoms with Crippen LogP contribution < -0.4 is 10.6 Å². The Morgan fingerprint density at radius 1 is 1.20 bits per heavy atom. The van der Waals surface area contributed by atoms with Crippen molar-refractivity contribution in [3.8, 4) is 0 Å². The predicted molar refractivity (Wildman–Crippen MR) is 82.4 cm³/mol. The van der Waals surface area contributed by atoms with E-state index in [1.165, 1.54) is 11.3 Å². The van der Waals surface area contributed by atoms with E-state index in [2.05, 4.69) is 10.6 Å². The maximum absolute atomic E-state index is 12.0. The van der Waals surface area contributed by atoms with Gasteiger partial charge < -0.3 is 10.6 Å². The molecule has 5 heteroatoms. The van der Waals surface area contributed by atoms with E-state index >= 15 is 0 Å². The van der Waals surface area contributed by atoms with Gasteiger partial charge in [0, 0.05) is 17.8 Å². The van der Waals surface area contributed by atoms with Gasteiger partial charge >= 0.3 is 0 Å². The first-order valence-electron chi connectivity index (χ1n) is 6.35. The highest BCUT2D eigenvalue weighted by Crippen LogP contribution is 2.22. The van der Waals surface area contributed by atoms with Gasteiger partial charge in [0.05, 0.1) is 4.88 Å². The molecule has 0 aliphatic carbocycles. The first-order valence-corrected chi connectivity index (χ1v) is 7.23. The molecule has 0 spiro atoms. The third-order valence-electron chi connectivity index (χ3n) is 2.84. The van der Waals surface area contributed by atoms with Crippen molar-refractivity contribution >= 4 is 34.5 Å². The lowest BCUT2D eigenvalue weighted by Gasteiger charge is -2.10. The van der Waals surface area contributed by atoms with Crippen molar-refractivity contribution in [2.24, 2.45) is 0 Å². The summed E-state index contributed by atoms with van der Waals surface area (Å²) in [7, 11) is 0. The van der Waals surface area contributed by atoms with E-state index in [0.29, 0.717) is 22.7 Å². The highest BCUT2D eigenvalue weighted by Gasteiger charge is 2.09. The van der Waals surface area contributed by atoms with Crippen molar-refractivity contribution in [2.75, 3.05) is 10.6 Å². The molecule has 0 radical (unpaired) electrons. The normalized spacial score (nSPS) is 10.1. The standard InChI is InChI=1S/C15H16N2O2S/c1-3-14(18)16-11-7-6-10(2)12(9-11)17-15(19)13-5-4-8-20-13/h4-9H,3H2,1-2H3,(H,16,18)(H,17,19). The number of nitrogens with one attached hydrogen (secondary N) is 2. The summed E-state index contributed by atoms with van der Waals surface area (Å²) in [5.41, 5.74) is 2.34. The topological polar surface area (TPSA) is 58.2 Å². The van der Waals surface area contributed by atoms with Gasteiger partial charge in [0.15, 0.2) is 0 Å². The Balaban J connectivity index is 2.16. The number of rotatable bonds is 4. The van der Waals surface area contributed by atoms with Crippen molar-refractivity contribution < 1.29 is 9.59 Å². The number of carbonyl (C=O) groups is 2. The van der Waals surface area contributed by atoms with E-state index in [4.69, 9.17) is 0 Å². The molecule has 0 fully saturated rings. The molecule has 0 saturated heterocycles. The number of thiophene rings is 1. The second-order valence-electron chi connectivity index (χ2n) is 4.36. The molecule has 0 unspecified atom stereocenters. The van der Waals surface area contributed by atoms with E-state index in [1.807, 2.05) is 30.5 Å². The molecule has 4 nitrogen and oxygen atoms in total. The van der Waals surface area contributed by atoms with E-state index < -0.39 is 0 Å². The van der Waals surface area contributed by atoms with Crippen LogP contribution in [0.3, 0.4) is 0 Å². The Kier molecular flexibility index (Phi) is 4.53. The Labute approximate surface area is 121 Å². The van der Waals surface area contributed by atoms with Crippen LogP contribution in [0.2, 0.25) is 0 Å². The quantitative estimate of drug-likeness (QED) is 0.902. The Morgan fingerprint density at radius 2 is 2.00 bits per heavy atom. The van der Waals surface area contributed by atoms with Crippen molar-refractivity contribution in [2.45, 2.75) is 20.3 Å². The smallest absolute Gasteiger partial charge is 0.265 e. The highest BCUT2D eigenvalue weighted by atomic mass is 32.1. The average Bonchev–Trinajstić information content (AvgIpc) is 2.96. The van der Waals surface area contributed by atoms with Crippen molar-refractivity contribution in [3.63, 3.8) is 0 Å². The molecule has 0 saturated carbocycles. The molecule has 1 aromatic carbocycles. The predicted octanol–water partition coefficient (Wildman–Crippen LogP) is 3.66. The third kappa shape index (κ3) is 3.45. The molecule has 2 aromatic rings. The monoisotopic (exact) mass is 288 g/mol. The minimum atomic E-state index is -0.137. The Bertz CT molecular complexity index is 621. The first-order chi connectivity index (χ1) is 9.60. The number of amides is 2. The molecule has 104 valence electrons. The molecule has 2 N–H and O–H groups in total. The van der Waals surface area contributed by atoms with E-state index in [0.717, 1.165) is 5.56 Å². The minimum absolute atomic E-state index is 0.0515. The van der Waals surface area contributed by atoms with Crippen LogP contribution in [0.1, 0.15) is 28.6 Å². The fourth-order valence-electron chi connectivity index (χ4n) is 1.68. The van der Waals surface area contributed by atoms with Crippen LogP contribution in [-0.4, -0.2) is 11.8 Å². The van der Waals surface area contributed by atoms with Gasteiger partial charge in [0.1, 0.15) is 0 Å². The molecule has 0 atom stereocenters. The van der Waals surface area contributed by atoms with Gasteiger partial charge in [-0.05, 0) is 36.1 Å². The Hall–Kier alpha value is -2.14. The summed E-state index contributed by atoms with van der Waals surface area (Å²) in [6.45, 7) is 3.71. The summed E-state index contributed by atoms with van der Waals surface area (Å²) < 4.78 is 0. The molecule has 2 amide bonds. The summed E-state index contributed by atoms with van der Waals surface area (Å²) in [5.74, 6) is -0.188. The molecule has 1 heterocycles. The Morgan fingerprint density at radius 3 is 2.65 bits per heavy atom. The lowest BCUT2D eigenvalue weighted by Crippen LogP contribution is -2.13. The number of benzene rings is 1. The van der Waals surface area contributed by atoms with Gasteiger partial charge in [0.25, 0.3) is 5.91 Å². The van der Waals surface area contributed by atoms with Crippen LogP contribution in [0.4, 0.5) is 11.4 Å². The zero-order valence-electron chi connectivity index (χ0n) is 11.4. The van der Waals surface area contributed by atoms with Gasteiger partial charge in [0.2, 0.25) is 5.91 Å². The second kappa shape index (κ2) is 6.34. The number of carbonyl (C=O) groups excluding carboxylic acids is 2. The molecular formula is C15H16N2O2S. The van der Waals surface area contributed by atoms with Gasteiger partial charge in [-0.25, -0.2) is 0 Å². The van der Waals surface area contributed by atoms with Gasteiger partial charge in [-0.15, -0.1) is 11.3 Å². The van der Waals surface area contributed by atoms with Crippen LogP contribution in [0, 0.1) is 6.92 Å². The summed E-state index contributed by atoms with van der Waals surface area (Å²) in [6.07, 6.45) is 0.421. The molecule has 1 aromatic heterocycles. The number of hydrogen-bond donors (Lipinski definition) is 2. The van der Waals surface area contributed by atoms with Crippen LogP contribution in [0.25, 0.3) is 0 Å². The summed E-state index contributed by atoms with van der Waals surface area (Å²) in [4.78, 5) is 24.1. The molecule has 2 rings (SSSR count). The lowest BCUT2D eigenvalue weighted by atomic mass is 10.1. The lowest BCUT2D eigenvalue weighted by molar-refractivity contribution is -0.115. The fourth-order valence-corrected chi connectivity index (χ4v) is 2.29. The number of hydrogen-bond acceptors (Lipinski definition) is 3. The highest BCUT2D eigenvalue weighted by molar-refractivity contribution is 7.12. The van der Waals surface area contributed by atoms with Gasteiger partial charge in [-0.3, -0.25) is 9.59 Å². The molecule has 20 heavy (non-hydrogen) atoms. The van der Waals surface area contributed by atoms with Crippen molar-refractivity contribution in [1.82, 2.24) is 0 Å². The third-order valence-corrected chi connectivity index (χ3v) is 3.70. The molecule has 0 aliphatic rings. The zero-order valence-corrected chi connectivity index (χ0v) is 12.2. The maximum atomic E-state index is 12.0. The van der Waals surface area contributed by atoms with Crippen LogP contribution in [0.5, 0.6) is 0 Å². The second-order valence-corrected chi connectivity index (χ2v) is 5.31. The SMILES string of the molecule is CCC(=O)Nc1ccc(C)c(NC(=O)c2cccs2)c1. The number of anilines is 2. The largest absolute Gasteiger partial charge is 0.326 e. The van der Waals surface area contributed by atoms with E-state index in [1.54, 1.807) is 19.1 Å². The zero-order chi connectivity index (χ0) is 14.5. The summed E-state index contributed by atoms with van der Waals surface area (Å²) in [5, 5.41) is 7.50. The van der Waals surface area contributed by atoms with Gasteiger partial charge in [-0.1, -0.05) is 19.1 Å². The van der Waals surface area contributed by atoms with E-state index in [-0.39, 0.29) is 11.8 Å². The molecular weight excluding hydrogens is 272 g/mol. The number of aryl methyl sites for hydroxylation is 1. The van der Waals surface area contributed by atoms with Crippen LogP contribution >= 0.6 is 11.3 Å². The van der Waals surface area contributed by atoms with Crippen LogP contribution in [0.15, 0.2) is 35.7 Å². The average molecular weight is 288 g/mol. The first kappa shape index (κ1) is 14.3. The van der Waals surface area contributed by atoms with Crippen molar-refractivity contribution in [3.05, 3.63) is 46.2 Å².